The molecule has 2 saturated carbocycles. The molecule has 30 heavy (non-hydrogen) atoms. The highest BCUT2D eigenvalue weighted by molar-refractivity contribution is 5.51. The molecule has 4 rings (SSSR count). The molecule has 0 saturated heterocycles. The van der Waals surface area contributed by atoms with Crippen LogP contribution in [0.2, 0.25) is 0 Å². The third kappa shape index (κ3) is 5.18. The van der Waals surface area contributed by atoms with Gasteiger partial charge in [0.05, 0.1) is 6.61 Å². The number of hydrogen-bond acceptors (Lipinski definition) is 4. The molecule has 0 unspecified atom stereocenters. The van der Waals surface area contributed by atoms with Crippen LogP contribution in [0.15, 0.2) is 30.3 Å². The fourth-order valence-electron chi connectivity index (χ4n) is 4.84. The Labute approximate surface area is 180 Å². The summed E-state index contributed by atoms with van der Waals surface area (Å²) in [6.07, 6.45) is 8.51. The van der Waals surface area contributed by atoms with E-state index in [1.54, 1.807) is 0 Å². The normalized spacial score (nSPS) is 22.1. The molecule has 0 spiro atoms. The van der Waals surface area contributed by atoms with Gasteiger partial charge in [-0.15, -0.1) is 10.2 Å². The van der Waals surface area contributed by atoms with E-state index in [0.717, 1.165) is 30.4 Å². The Morgan fingerprint density at radius 1 is 1.17 bits per heavy atom. The molecule has 2 aliphatic carbocycles. The highest BCUT2D eigenvalue weighted by Crippen LogP contribution is 2.47. The van der Waals surface area contributed by atoms with Gasteiger partial charge in [-0.1, -0.05) is 44.2 Å². The van der Waals surface area contributed by atoms with Gasteiger partial charge in [0.15, 0.2) is 0 Å². The largest absolute Gasteiger partial charge is 0.377 e. The Kier molecular flexibility index (Phi) is 6.98. The number of benzene rings is 1. The third-order valence-corrected chi connectivity index (χ3v) is 6.53. The van der Waals surface area contributed by atoms with Gasteiger partial charge in [-0.05, 0) is 55.9 Å². The Hall–Kier alpha value is -2.01. The van der Waals surface area contributed by atoms with Crippen molar-refractivity contribution in [1.82, 2.24) is 14.8 Å². The Morgan fingerprint density at radius 2 is 1.93 bits per heavy atom. The minimum Gasteiger partial charge on any atom is -0.377 e. The summed E-state index contributed by atoms with van der Waals surface area (Å²) in [5, 5.41) is 9.27. The molecule has 0 aliphatic heterocycles. The lowest BCUT2D eigenvalue weighted by Crippen LogP contribution is -2.26. The molecule has 1 aromatic carbocycles. The van der Waals surface area contributed by atoms with Crippen LogP contribution >= 0.6 is 0 Å². The van der Waals surface area contributed by atoms with Crippen LogP contribution in [0.3, 0.4) is 0 Å². The smallest absolute Gasteiger partial charge is 0.136 e. The lowest BCUT2D eigenvalue weighted by Gasteiger charge is -2.36. The highest BCUT2D eigenvalue weighted by Gasteiger charge is 2.39. The summed E-state index contributed by atoms with van der Waals surface area (Å²) < 4.78 is 8.30. The first-order valence-corrected chi connectivity index (χ1v) is 11.7. The van der Waals surface area contributed by atoms with Crippen LogP contribution in [0, 0.1) is 11.8 Å². The van der Waals surface area contributed by atoms with Crippen LogP contribution in [0.5, 0.6) is 0 Å². The van der Waals surface area contributed by atoms with Crippen LogP contribution in [0.4, 0.5) is 0 Å². The summed E-state index contributed by atoms with van der Waals surface area (Å²) in [6, 6.07) is 10.8. The monoisotopic (exact) mass is 409 g/mol. The first-order valence-electron chi connectivity index (χ1n) is 11.7. The van der Waals surface area contributed by atoms with E-state index in [1.165, 1.54) is 43.5 Å². The zero-order valence-electron chi connectivity index (χ0n) is 18.4. The van der Waals surface area contributed by atoms with Crippen LogP contribution in [0.25, 0.3) is 0 Å². The molecule has 162 valence electrons. The molecule has 0 N–H and O–H groups in total. The molecule has 2 aliphatic rings. The van der Waals surface area contributed by atoms with E-state index < -0.39 is 0 Å². The molecule has 5 nitrogen and oxygen atoms in total. The summed E-state index contributed by atoms with van der Waals surface area (Å²) in [4.78, 5) is 11.4. The maximum Gasteiger partial charge on any atom is 0.136 e. The van der Waals surface area contributed by atoms with Gasteiger partial charge in [-0.3, -0.25) is 0 Å². The van der Waals surface area contributed by atoms with Crippen molar-refractivity contribution in [2.24, 2.45) is 11.8 Å². The number of nitrogens with zero attached hydrogens (tertiary/aromatic N) is 3. The second-order valence-electron chi connectivity index (χ2n) is 9.61. The fourth-order valence-corrected chi connectivity index (χ4v) is 4.84. The Bertz CT molecular complexity index is 807. The van der Waals surface area contributed by atoms with Crippen molar-refractivity contribution in [2.75, 3.05) is 6.61 Å². The van der Waals surface area contributed by atoms with Crippen molar-refractivity contribution in [3.05, 3.63) is 47.5 Å². The quantitative estimate of drug-likeness (QED) is 0.346. The van der Waals surface area contributed by atoms with Crippen molar-refractivity contribution in [3.63, 3.8) is 0 Å². The van der Waals surface area contributed by atoms with Crippen LogP contribution < -0.4 is 0 Å². The lowest BCUT2D eigenvalue weighted by molar-refractivity contribution is -0.108. The van der Waals surface area contributed by atoms with E-state index in [9.17, 15) is 4.79 Å². The molecule has 1 atom stereocenters. The number of rotatable bonds is 12. The van der Waals surface area contributed by atoms with Gasteiger partial charge >= 0.3 is 0 Å². The molecule has 1 heterocycles. The van der Waals surface area contributed by atoms with E-state index in [2.05, 4.69) is 40.7 Å². The maximum absolute atomic E-state index is 11.4. The second-order valence-corrected chi connectivity index (χ2v) is 9.61. The van der Waals surface area contributed by atoms with E-state index >= 15 is 0 Å². The average molecular weight is 410 g/mol. The van der Waals surface area contributed by atoms with Gasteiger partial charge in [-0.2, -0.15) is 0 Å². The number of aldehydes is 1. The predicted molar refractivity (Wildman–Crippen MR) is 117 cm³/mol. The van der Waals surface area contributed by atoms with Gasteiger partial charge in [0, 0.05) is 30.9 Å². The first kappa shape index (κ1) is 21.2. The lowest BCUT2D eigenvalue weighted by atomic mass is 9.71. The van der Waals surface area contributed by atoms with E-state index in [1.807, 2.05) is 18.2 Å². The van der Waals surface area contributed by atoms with Crippen LogP contribution in [0.1, 0.15) is 93.9 Å². The number of aromatic nitrogens is 3. The van der Waals surface area contributed by atoms with Crippen molar-refractivity contribution >= 4 is 6.29 Å². The fraction of sp³-hybridized carbons (Fsp3) is 0.640. The van der Waals surface area contributed by atoms with E-state index in [-0.39, 0.29) is 5.92 Å². The zero-order chi connectivity index (χ0) is 20.9. The van der Waals surface area contributed by atoms with Crippen molar-refractivity contribution in [1.29, 1.82) is 0 Å². The van der Waals surface area contributed by atoms with E-state index in [0.29, 0.717) is 31.6 Å². The zero-order valence-corrected chi connectivity index (χ0v) is 18.4. The van der Waals surface area contributed by atoms with Gasteiger partial charge in [0.2, 0.25) is 0 Å². The molecular weight excluding hydrogens is 374 g/mol. The minimum atomic E-state index is 0.0895. The van der Waals surface area contributed by atoms with Crippen LogP contribution in [-0.4, -0.2) is 27.7 Å². The third-order valence-electron chi connectivity index (χ3n) is 6.53. The van der Waals surface area contributed by atoms with Gasteiger partial charge in [0.1, 0.15) is 17.9 Å². The molecule has 1 aromatic heterocycles. The number of carbonyl (C=O) groups excluding carboxylic acids is 1. The van der Waals surface area contributed by atoms with Gasteiger partial charge in [-0.25, -0.2) is 0 Å². The number of ether oxygens (including phenoxy) is 1. The van der Waals surface area contributed by atoms with Crippen molar-refractivity contribution < 1.29 is 9.53 Å². The average Bonchev–Trinajstić information content (AvgIpc) is 3.46. The molecule has 2 fully saturated rings. The summed E-state index contributed by atoms with van der Waals surface area (Å²) in [5.41, 5.74) is 1.17. The maximum atomic E-state index is 11.4. The SMILES string of the molecule is CC(C)CC1CC(c2nnc([C@H](CC=O)CCOCc3ccccc3)n2C2CC2)C1. The molecule has 5 heteroatoms. The van der Waals surface area contributed by atoms with Crippen molar-refractivity contribution in [2.45, 2.75) is 83.3 Å². The molecule has 0 bridgehead atoms. The van der Waals surface area contributed by atoms with Gasteiger partial charge < -0.3 is 14.1 Å². The number of carbonyl (C=O) groups is 1. The second kappa shape index (κ2) is 9.86. The molecule has 2 aromatic rings. The van der Waals surface area contributed by atoms with Crippen molar-refractivity contribution in [3.8, 4) is 0 Å². The summed E-state index contributed by atoms with van der Waals surface area (Å²) in [7, 11) is 0. The predicted octanol–water partition coefficient (Wildman–Crippen LogP) is 5.43. The molecular formula is C25H35N3O2. The summed E-state index contributed by atoms with van der Waals surface area (Å²) >= 11 is 0. The highest BCUT2D eigenvalue weighted by atomic mass is 16.5. The summed E-state index contributed by atoms with van der Waals surface area (Å²) in [6.45, 7) is 5.85. The first-order chi connectivity index (χ1) is 14.7. The number of hydrogen-bond donors (Lipinski definition) is 0. The molecule has 0 radical (unpaired) electrons. The van der Waals surface area contributed by atoms with Crippen LogP contribution in [-0.2, 0) is 16.1 Å². The Balaban J connectivity index is 1.39. The molecule has 0 amide bonds. The minimum absolute atomic E-state index is 0.0895. The van der Waals surface area contributed by atoms with E-state index in [4.69, 9.17) is 4.74 Å². The topological polar surface area (TPSA) is 57.0 Å². The summed E-state index contributed by atoms with van der Waals surface area (Å²) in [5.74, 6) is 4.41. The Morgan fingerprint density at radius 3 is 2.60 bits per heavy atom. The standard InChI is InChI=1S/C25H35N3O2/c1-18(2)14-20-15-22(16-20)25-27-26-24(28(25)23-8-9-23)21(10-12-29)11-13-30-17-19-6-4-3-5-7-19/h3-7,12,18,20-23H,8-11,13-17H2,1-2H3/t20?,21-,22?/m1/s1. The van der Waals surface area contributed by atoms with Gasteiger partial charge in [0.25, 0.3) is 0 Å².